The van der Waals surface area contributed by atoms with E-state index in [1.54, 1.807) is 0 Å². The molecule has 1 aliphatic rings. The third-order valence-corrected chi connectivity index (χ3v) is 5.51. The summed E-state index contributed by atoms with van der Waals surface area (Å²) in [7, 11) is 0. The number of pyridine rings is 1. The molecule has 2 aromatic carbocycles. The minimum atomic E-state index is 0.238. The molecule has 27 heavy (non-hydrogen) atoms. The number of rotatable bonds is 6. The van der Waals surface area contributed by atoms with Crippen LogP contribution in [-0.2, 0) is 13.1 Å². The molecule has 4 nitrogen and oxygen atoms in total. The molecule has 0 aliphatic carbocycles. The molecule has 0 amide bonds. The Labute approximate surface area is 161 Å². The molecule has 1 aromatic heterocycles. The number of hydrogen-bond donors (Lipinski definition) is 1. The number of aliphatic hydroxyl groups excluding tert-OH is 1. The van der Waals surface area contributed by atoms with Crippen LogP contribution in [0, 0.1) is 0 Å². The van der Waals surface area contributed by atoms with Gasteiger partial charge in [0.05, 0.1) is 5.52 Å². The van der Waals surface area contributed by atoms with E-state index in [1.807, 2.05) is 12.3 Å². The van der Waals surface area contributed by atoms with Gasteiger partial charge < -0.3 is 5.11 Å². The molecule has 0 bridgehead atoms. The van der Waals surface area contributed by atoms with Gasteiger partial charge in [0.2, 0.25) is 0 Å². The first-order valence-electron chi connectivity index (χ1n) is 9.77. The van der Waals surface area contributed by atoms with Crippen LogP contribution in [0.5, 0.6) is 0 Å². The minimum absolute atomic E-state index is 0.238. The summed E-state index contributed by atoms with van der Waals surface area (Å²) in [5.74, 6) is 0. The third-order valence-electron chi connectivity index (χ3n) is 5.51. The Kier molecular flexibility index (Phi) is 5.78. The van der Waals surface area contributed by atoms with Gasteiger partial charge in [-0.2, -0.15) is 0 Å². The maximum atomic E-state index is 9.57. The van der Waals surface area contributed by atoms with Crippen molar-refractivity contribution in [1.82, 2.24) is 14.8 Å². The van der Waals surface area contributed by atoms with Crippen LogP contribution in [0.2, 0.25) is 0 Å². The van der Waals surface area contributed by atoms with Gasteiger partial charge in [-0.05, 0) is 29.7 Å². The number of fused-ring (bicyclic) bond motifs is 1. The van der Waals surface area contributed by atoms with E-state index in [0.717, 1.165) is 44.7 Å². The van der Waals surface area contributed by atoms with Crippen LogP contribution < -0.4 is 0 Å². The van der Waals surface area contributed by atoms with Crippen molar-refractivity contribution in [3.63, 3.8) is 0 Å². The molecule has 1 aliphatic heterocycles. The molecule has 4 rings (SSSR count). The zero-order chi connectivity index (χ0) is 18.5. The average molecular weight is 361 g/mol. The lowest BCUT2D eigenvalue weighted by molar-refractivity contribution is 0.0502. The van der Waals surface area contributed by atoms with Gasteiger partial charge >= 0.3 is 0 Å². The van der Waals surface area contributed by atoms with Crippen LogP contribution in [-0.4, -0.2) is 52.2 Å². The van der Waals surface area contributed by atoms with Crippen LogP contribution in [0.15, 0.2) is 66.9 Å². The second-order valence-corrected chi connectivity index (χ2v) is 7.34. The summed E-state index contributed by atoms with van der Waals surface area (Å²) in [6, 6.07) is 21.6. The molecule has 140 valence electrons. The molecular formula is C23H27N3O. The highest BCUT2D eigenvalue weighted by atomic mass is 16.3. The summed E-state index contributed by atoms with van der Waals surface area (Å²) in [5.41, 5.74) is 3.73. The second-order valence-electron chi connectivity index (χ2n) is 7.34. The molecule has 4 heteroatoms. The van der Waals surface area contributed by atoms with E-state index in [9.17, 15) is 5.11 Å². The van der Waals surface area contributed by atoms with Gasteiger partial charge in [0.25, 0.3) is 0 Å². The number of nitrogens with zero attached hydrogens (tertiary/aromatic N) is 3. The van der Waals surface area contributed by atoms with Gasteiger partial charge in [0.15, 0.2) is 0 Å². The lowest BCUT2D eigenvalue weighted by Gasteiger charge is -2.41. The van der Waals surface area contributed by atoms with Gasteiger partial charge in [-0.1, -0.05) is 48.5 Å². The average Bonchev–Trinajstić information content (AvgIpc) is 2.71. The fourth-order valence-corrected chi connectivity index (χ4v) is 4.10. The van der Waals surface area contributed by atoms with Crippen LogP contribution in [0.25, 0.3) is 10.9 Å². The monoisotopic (exact) mass is 361 g/mol. The first-order chi connectivity index (χ1) is 13.3. The highest BCUT2D eigenvalue weighted by Crippen LogP contribution is 2.22. The van der Waals surface area contributed by atoms with E-state index in [2.05, 4.69) is 69.4 Å². The molecule has 2 heterocycles. The summed E-state index contributed by atoms with van der Waals surface area (Å²) in [6.07, 6.45) is 2.67. The Hall–Kier alpha value is -2.27. The molecule has 1 saturated heterocycles. The maximum absolute atomic E-state index is 9.57. The van der Waals surface area contributed by atoms with E-state index in [-0.39, 0.29) is 6.61 Å². The topological polar surface area (TPSA) is 39.6 Å². The van der Waals surface area contributed by atoms with Gasteiger partial charge in [-0.15, -0.1) is 0 Å². The van der Waals surface area contributed by atoms with Crippen LogP contribution in [0.4, 0.5) is 0 Å². The Morgan fingerprint density at radius 2 is 1.81 bits per heavy atom. The van der Waals surface area contributed by atoms with Crippen LogP contribution in [0.3, 0.4) is 0 Å². The smallest absolute Gasteiger partial charge is 0.0705 e. The van der Waals surface area contributed by atoms with E-state index in [0.29, 0.717) is 6.04 Å². The van der Waals surface area contributed by atoms with E-state index >= 15 is 0 Å². The predicted octanol–water partition coefficient (Wildman–Crippen LogP) is 3.30. The Bertz CT molecular complexity index is 862. The number of aromatic nitrogens is 1. The number of hydrogen-bond acceptors (Lipinski definition) is 4. The van der Waals surface area contributed by atoms with Crippen molar-refractivity contribution >= 4 is 10.9 Å². The van der Waals surface area contributed by atoms with Gasteiger partial charge in [-0.3, -0.25) is 14.8 Å². The third kappa shape index (κ3) is 4.35. The first kappa shape index (κ1) is 18.1. The van der Waals surface area contributed by atoms with Crippen LogP contribution in [0.1, 0.15) is 17.5 Å². The summed E-state index contributed by atoms with van der Waals surface area (Å²) in [5, 5.41) is 10.8. The highest BCUT2D eigenvalue weighted by Gasteiger charge is 2.26. The van der Waals surface area contributed by atoms with E-state index in [4.69, 9.17) is 0 Å². The van der Waals surface area contributed by atoms with Crippen molar-refractivity contribution < 1.29 is 5.11 Å². The summed E-state index contributed by atoms with van der Waals surface area (Å²) < 4.78 is 0. The van der Waals surface area contributed by atoms with Crippen molar-refractivity contribution in [2.45, 2.75) is 25.6 Å². The Morgan fingerprint density at radius 3 is 2.67 bits per heavy atom. The van der Waals surface area contributed by atoms with Crippen molar-refractivity contribution in [3.8, 4) is 0 Å². The van der Waals surface area contributed by atoms with Crippen molar-refractivity contribution in [1.29, 1.82) is 0 Å². The molecule has 0 radical (unpaired) electrons. The quantitative estimate of drug-likeness (QED) is 0.731. The summed E-state index contributed by atoms with van der Waals surface area (Å²) in [4.78, 5) is 9.52. The summed E-state index contributed by atoms with van der Waals surface area (Å²) >= 11 is 0. The normalized spacial score (nSPS) is 18.8. The largest absolute Gasteiger partial charge is 0.396 e. The number of benzene rings is 2. The fourth-order valence-electron chi connectivity index (χ4n) is 4.10. The van der Waals surface area contributed by atoms with Crippen molar-refractivity contribution in [2.24, 2.45) is 0 Å². The number of aliphatic hydroxyl groups is 1. The Balaban J connectivity index is 1.46. The minimum Gasteiger partial charge on any atom is -0.396 e. The first-order valence-corrected chi connectivity index (χ1v) is 9.77. The second kappa shape index (κ2) is 8.61. The fraction of sp³-hybridized carbons (Fsp3) is 0.348. The van der Waals surface area contributed by atoms with Gasteiger partial charge in [0, 0.05) is 57.0 Å². The van der Waals surface area contributed by atoms with E-state index in [1.165, 1.54) is 16.5 Å². The molecule has 1 fully saturated rings. The van der Waals surface area contributed by atoms with Crippen molar-refractivity contribution in [3.05, 3.63) is 78.0 Å². The molecule has 0 spiro atoms. The SMILES string of the molecule is OCC[C@@H]1CN(Cc2cccc3ncccc23)CCN1Cc1ccccc1. The zero-order valence-corrected chi connectivity index (χ0v) is 15.7. The van der Waals surface area contributed by atoms with E-state index < -0.39 is 0 Å². The van der Waals surface area contributed by atoms with Crippen LogP contribution >= 0.6 is 0 Å². The van der Waals surface area contributed by atoms with Gasteiger partial charge in [0.1, 0.15) is 0 Å². The predicted molar refractivity (Wildman–Crippen MR) is 109 cm³/mol. The maximum Gasteiger partial charge on any atom is 0.0705 e. The molecular weight excluding hydrogens is 334 g/mol. The lowest BCUT2D eigenvalue weighted by Crippen LogP contribution is -2.52. The Morgan fingerprint density at radius 1 is 0.926 bits per heavy atom. The summed E-state index contributed by atoms with van der Waals surface area (Å²) in [6.45, 7) is 5.20. The van der Waals surface area contributed by atoms with Crippen molar-refractivity contribution in [2.75, 3.05) is 26.2 Å². The molecule has 0 saturated carbocycles. The lowest BCUT2D eigenvalue weighted by atomic mass is 10.0. The zero-order valence-electron chi connectivity index (χ0n) is 15.7. The molecule has 1 N–H and O–H groups in total. The highest BCUT2D eigenvalue weighted by molar-refractivity contribution is 5.81. The molecule has 3 aromatic rings. The molecule has 1 atom stereocenters. The number of piperazine rings is 1. The van der Waals surface area contributed by atoms with Gasteiger partial charge in [-0.25, -0.2) is 0 Å². The standard InChI is InChI=1S/C23H27N3O/c27-15-11-21-18-25(13-14-26(21)16-19-6-2-1-3-7-19)17-20-8-4-10-23-22(20)9-5-12-24-23/h1-10,12,21,27H,11,13-18H2/t21-/m1/s1. The molecule has 0 unspecified atom stereocenters.